The lowest BCUT2D eigenvalue weighted by Crippen LogP contribution is -2.52. The summed E-state index contributed by atoms with van der Waals surface area (Å²) in [7, 11) is 0. The molecule has 2 aliphatic rings. The molecule has 7 heteroatoms. The van der Waals surface area contributed by atoms with E-state index in [4.69, 9.17) is 0 Å². The molecular formula is C19H33N5OS. The second kappa shape index (κ2) is 9.55. The van der Waals surface area contributed by atoms with Gasteiger partial charge in [-0.1, -0.05) is 6.92 Å². The summed E-state index contributed by atoms with van der Waals surface area (Å²) in [5, 5.41) is 6.25. The highest BCUT2D eigenvalue weighted by atomic mass is 32.1. The first-order valence-electron chi connectivity index (χ1n) is 10.0. The van der Waals surface area contributed by atoms with E-state index in [0.29, 0.717) is 0 Å². The molecule has 0 aliphatic carbocycles. The van der Waals surface area contributed by atoms with Gasteiger partial charge in [0.2, 0.25) is 0 Å². The predicted octanol–water partition coefficient (Wildman–Crippen LogP) is 2.80. The maximum absolute atomic E-state index is 12.3. The highest BCUT2D eigenvalue weighted by Gasteiger charge is 2.22. The van der Waals surface area contributed by atoms with Gasteiger partial charge in [-0.3, -0.25) is 0 Å². The van der Waals surface area contributed by atoms with Crippen molar-refractivity contribution in [3.63, 3.8) is 0 Å². The van der Waals surface area contributed by atoms with Crippen LogP contribution in [0.15, 0.2) is 5.38 Å². The molecule has 26 heavy (non-hydrogen) atoms. The molecule has 3 heterocycles. The number of likely N-dealkylation sites (tertiary alicyclic amines) is 1. The fraction of sp³-hybridized carbons (Fsp3) is 0.789. The van der Waals surface area contributed by atoms with Crippen LogP contribution in [-0.4, -0.2) is 73.2 Å². The van der Waals surface area contributed by atoms with Crippen molar-refractivity contribution in [2.75, 3.05) is 57.3 Å². The number of piperazine rings is 1. The first-order valence-corrected chi connectivity index (χ1v) is 10.9. The Kier molecular flexibility index (Phi) is 7.14. The minimum atomic E-state index is 0.0896. The van der Waals surface area contributed by atoms with Crippen molar-refractivity contribution in [2.45, 2.75) is 39.5 Å². The summed E-state index contributed by atoms with van der Waals surface area (Å²) in [4.78, 5) is 23.6. The third-order valence-electron chi connectivity index (χ3n) is 5.50. The van der Waals surface area contributed by atoms with Gasteiger partial charge in [-0.2, -0.15) is 0 Å². The number of urea groups is 1. The Bertz CT molecular complexity index is 562. The van der Waals surface area contributed by atoms with E-state index >= 15 is 0 Å². The average Bonchev–Trinajstić information content (AvgIpc) is 3.09. The van der Waals surface area contributed by atoms with Crippen LogP contribution in [0.4, 0.5) is 9.93 Å². The number of unbranched alkanes of at least 4 members (excludes halogenated alkanes) is 1. The van der Waals surface area contributed by atoms with Gasteiger partial charge in [-0.15, -0.1) is 11.3 Å². The van der Waals surface area contributed by atoms with E-state index in [1.54, 1.807) is 11.3 Å². The lowest BCUT2D eigenvalue weighted by Gasteiger charge is -2.34. The van der Waals surface area contributed by atoms with Crippen molar-refractivity contribution >= 4 is 22.5 Å². The molecule has 2 amide bonds. The fourth-order valence-electron chi connectivity index (χ4n) is 3.64. The second-order valence-electron chi connectivity index (χ2n) is 7.71. The maximum Gasteiger partial charge on any atom is 0.317 e. The summed E-state index contributed by atoms with van der Waals surface area (Å²) >= 11 is 1.69. The second-order valence-corrected chi connectivity index (χ2v) is 8.55. The van der Waals surface area contributed by atoms with Gasteiger partial charge in [0, 0.05) is 38.1 Å². The molecule has 2 fully saturated rings. The molecule has 146 valence electrons. The van der Waals surface area contributed by atoms with E-state index in [-0.39, 0.29) is 6.03 Å². The van der Waals surface area contributed by atoms with Crippen molar-refractivity contribution in [2.24, 2.45) is 5.92 Å². The number of nitrogens with one attached hydrogen (secondary N) is 1. The Morgan fingerprint density at radius 1 is 1.19 bits per heavy atom. The number of carbonyl (C=O) groups is 1. The molecule has 1 aromatic rings. The van der Waals surface area contributed by atoms with Crippen LogP contribution in [-0.2, 0) is 0 Å². The molecule has 0 aromatic carbocycles. The van der Waals surface area contributed by atoms with E-state index in [9.17, 15) is 4.79 Å². The Morgan fingerprint density at radius 3 is 2.58 bits per heavy atom. The van der Waals surface area contributed by atoms with Crippen LogP contribution in [0.3, 0.4) is 0 Å². The third-order valence-corrected chi connectivity index (χ3v) is 6.52. The van der Waals surface area contributed by atoms with E-state index in [2.05, 4.69) is 32.4 Å². The number of aryl methyl sites for hydroxylation is 1. The highest BCUT2D eigenvalue weighted by Crippen LogP contribution is 2.21. The molecule has 0 spiro atoms. The predicted molar refractivity (Wildman–Crippen MR) is 108 cm³/mol. The largest absolute Gasteiger partial charge is 0.345 e. The SMILES string of the molecule is Cc1csc(N2CCN(C(=O)NCCCCN3CCC(C)CC3)CC2)n1. The van der Waals surface area contributed by atoms with Gasteiger partial charge in [-0.25, -0.2) is 9.78 Å². The number of nitrogens with zero attached hydrogens (tertiary/aromatic N) is 4. The Labute approximate surface area is 161 Å². The molecule has 0 unspecified atom stereocenters. The van der Waals surface area contributed by atoms with Gasteiger partial charge in [0.1, 0.15) is 0 Å². The number of carbonyl (C=O) groups excluding carboxylic acids is 1. The fourth-order valence-corrected chi connectivity index (χ4v) is 4.50. The van der Waals surface area contributed by atoms with Gasteiger partial charge < -0.3 is 20.0 Å². The van der Waals surface area contributed by atoms with Crippen LogP contribution in [0.5, 0.6) is 0 Å². The standard InChI is InChI=1S/C19H33N5OS/c1-16-5-9-22(10-6-16)8-4-3-7-20-18(25)23-11-13-24(14-12-23)19-21-17(2)15-26-19/h15-16H,3-14H2,1-2H3,(H,20,25). The van der Waals surface area contributed by atoms with E-state index in [0.717, 1.165) is 55.9 Å². The summed E-state index contributed by atoms with van der Waals surface area (Å²) in [6.45, 7) is 12.1. The quantitative estimate of drug-likeness (QED) is 0.772. The molecule has 1 aromatic heterocycles. The number of thiazole rings is 1. The topological polar surface area (TPSA) is 51.7 Å². The number of amides is 2. The summed E-state index contributed by atoms with van der Waals surface area (Å²) in [6, 6.07) is 0.0896. The van der Waals surface area contributed by atoms with Crippen LogP contribution in [0.1, 0.15) is 38.3 Å². The van der Waals surface area contributed by atoms with Crippen molar-refractivity contribution in [1.29, 1.82) is 0 Å². The Balaban J connectivity index is 1.26. The van der Waals surface area contributed by atoms with Gasteiger partial charge in [0.15, 0.2) is 5.13 Å². The van der Waals surface area contributed by atoms with Crippen molar-refractivity contribution < 1.29 is 4.79 Å². The van der Waals surface area contributed by atoms with Gasteiger partial charge >= 0.3 is 6.03 Å². The minimum Gasteiger partial charge on any atom is -0.345 e. The van der Waals surface area contributed by atoms with Gasteiger partial charge in [-0.05, 0) is 58.2 Å². The third kappa shape index (κ3) is 5.58. The van der Waals surface area contributed by atoms with Gasteiger partial charge in [0.05, 0.1) is 5.69 Å². The Hall–Kier alpha value is -1.34. The highest BCUT2D eigenvalue weighted by molar-refractivity contribution is 7.13. The first kappa shape index (κ1) is 19.4. The molecule has 1 N–H and O–H groups in total. The first-order chi connectivity index (χ1) is 12.6. The number of anilines is 1. The van der Waals surface area contributed by atoms with Crippen LogP contribution >= 0.6 is 11.3 Å². The lowest BCUT2D eigenvalue weighted by molar-refractivity contribution is 0.186. The lowest BCUT2D eigenvalue weighted by atomic mass is 9.99. The van der Waals surface area contributed by atoms with Crippen LogP contribution in [0, 0.1) is 12.8 Å². The molecule has 2 saturated heterocycles. The zero-order valence-corrected chi connectivity index (χ0v) is 17.1. The molecular weight excluding hydrogens is 346 g/mol. The molecule has 0 radical (unpaired) electrons. The van der Waals surface area contributed by atoms with E-state index in [1.165, 1.54) is 38.9 Å². The molecule has 2 aliphatic heterocycles. The molecule has 0 bridgehead atoms. The van der Waals surface area contributed by atoms with Crippen molar-refractivity contribution in [1.82, 2.24) is 20.1 Å². The number of rotatable bonds is 6. The minimum absolute atomic E-state index is 0.0896. The van der Waals surface area contributed by atoms with Crippen molar-refractivity contribution in [3.8, 4) is 0 Å². The number of piperidine rings is 1. The number of hydrogen-bond acceptors (Lipinski definition) is 5. The number of aromatic nitrogens is 1. The smallest absolute Gasteiger partial charge is 0.317 e. The molecule has 0 saturated carbocycles. The van der Waals surface area contributed by atoms with Crippen molar-refractivity contribution in [3.05, 3.63) is 11.1 Å². The van der Waals surface area contributed by atoms with Gasteiger partial charge in [0.25, 0.3) is 0 Å². The molecule has 6 nitrogen and oxygen atoms in total. The number of hydrogen-bond donors (Lipinski definition) is 1. The zero-order chi connectivity index (χ0) is 18.4. The summed E-state index contributed by atoms with van der Waals surface area (Å²) in [5.74, 6) is 0.894. The van der Waals surface area contributed by atoms with Crippen LogP contribution in [0.25, 0.3) is 0 Å². The normalized spacial score (nSPS) is 19.8. The zero-order valence-electron chi connectivity index (χ0n) is 16.2. The van der Waals surface area contributed by atoms with Crippen LogP contribution < -0.4 is 10.2 Å². The van der Waals surface area contributed by atoms with E-state index < -0.39 is 0 Å². The summed E-state index contributed by atoms with van der Waals surface area (Å²) in [5.41, 5.74) is 1.07. The summed E-state index contributed by atoms with van der Waals surface area (Å²) < 4.78 is 0. The maximum atomic E-state index is 12.3. The monoisotopic (exact) mass is 379 g/mol. The molecule has 3 rings (SSSR count). The van der Waals surface area contributed by atoms with Crippen LogP contribution in [0.2, 0.25) is 0 Å². The summed E-state index contributed by atoms with van der Waals surface area (Å²) in [6.07, 6.45) is 4.91. The molecule has 0 atom stereocenters. The Morgan fingerprint density at radius 2 is 1.92 bits per heavy atom. The van der Waals surface area contributed by atoms with E-state index in [1.807, 2.05) is 11.8 Å². The average molecular weight is 380 g/mol.